The van der Waals surface area contributed by atoms with Crippen molar-refractivity contribution in [3.05, 3.63) is 109 Å². The number of rotatable bonds is 0. The lowest BCUT2D eigenvalue weighted by molar-refractivity contribution is 0.674. The van der Waals surface area contributed by atoms with Crippen molar-refractivity contribution in [3.8, 4) is 0 Å². The fraction of sp³-hybridized carbons (Fsp3) is 0. The van der Waals surface area contributed by atoms with Crippen molar-refractivity contribution in [1.29, 1.82) is 0 Å². The predicted octanol–water partition coefficient (Wildman–Crippen LogP) is 3.96. The van der Waals surface area contributed by atoms with E-state index in [0.29, 0.717) is 35.7 Å². The third-order valence-electron chi connectivity index (χ3n) is 7.56. The van der Waals surface area contributed by atoms with Crippen LogP contribution in [0.1, 0.15) is 0 Å². The van der Waals surface area contributed by atoms with Gasteiger partial charge in [0.05, 0.1) is 0 Å². The van der Waals surface area contributed by atoms with Gasteiger partial charge in [-0.2, -0.15) is 0 Å². The van der Waals surface area contributed by atoms with Crippen LogP contribution in [0, 0.1) is 0 Å². The van der Waals surface area contributed by atoms with Crippen LogP contribution in [0.5, 0.6) is 0 Å². The molecular formula is C30H28OSi5. The molecular weight excluding hydrogens is 517 g/mol. The highest BCUT2D eigenvalue weighted by Crippen LogP contribution is 2.34. The zero-order valence-corrected chi connectivity index (χ0v) is 27.4. The molecule has 0 saturated carbocycles. The van der Waals surface area contributed by atoms with E-state index in [1.165, 1.54) is 64.6 Å². The molecule has 8 rings (SSSR count). The molecule has 0 amide bonds. The van der Waals surface area contributed by atoms with Gasteiger partial charge >= 0.3 is 0 Å². The molecule has 1 nitrogen and oxygen atoms in total. The van der Waals surface area contributed by atoms with Crippen molar-refractivity contribution in [1.82, 2.24) is 0 Å². The summed E-state index contributed by atoms with van der Waals surface area (Å²) in [5.41, 5.74) is 0. The molecule has 0 radical (unpaired) electrons. The van der Waals surface area contributed by atoms with Gasteiger partial charge in [0, 0.05) is 17.1 Å². The quantitative estimate of drug-likeness (QED) is 0.160. The van der Waals surface area contributed by atoms with Gasteiger partial charge in [0.2, 0.25) is 0 Å². The molecule has 1 aliphatic heterocycles. The SMILES string of the molecule is O1[SiH2][SiH2][SiH2][SiH2][SiH2]1.c1ccc2cc3cc4c(ccc5cc6cc7ccccc7cc6cc54)cc3cc2c1. The van der Waals surface area contributed by atoms with Gasteiger partial charge in [-0.05, 0) is 122 Å². The Kier molecular flexibility index (Phi) is 5.93. The lowest BCUT2D eigenvalue weighted by Gasteiger charge is -2.10. The number of hydrogen-bond donors (Lipinski definition) is 0. The van der Waals surface area contributed by atoms with Gasteiger partial charge in [0.15, 0.2) is 0 Å². The third kappa shape index (κ3) is 4.19. The van der Waals surface area contributed by atoms with E-state index in [1.54, 1.807) is 0 Å². The van der Waals surface area contributed by atoms with Crippen LogP contribution in [-0.2, 0) is 4.12 Å². The molecule has 36 heavy (non-hydrogen) atoms. The van der Waals surface area contributed by atoms with E-state index in [4.69, 9.17) is 4.12 Å². The van der Waals surface area contributed by atoms with E-state index in [-0.39, 0.29) is 0 Å². The van der Waals surface area contributed by atoms with Crippen LogP contribution in [0.25, 0.3) is 64.6 Å². The molecule has 7 aromatic rings. The van der Waals surface area contributed by atoms with Crippen LogP contribution in [0.15, 0.2) is 109 Å². The number of hydrogen-bond acceptors (Lipinski definition) is 1. The molecule has 1 saturated heterocycles. The largest absolute Gasteiger partial charge is 0.472 e. The van der Waals surface area contributed by atoms with Crippen molar-refractivity contribution in [2.75, 3.05) is 0 Å². The summed E-state index contributed by atoms with van der Waals surface area (Å²) in [4.78, 5) is 0. The highest BCUT2D eigenvalue weighted by Gasteiger charge is 2.07. The highest BCUT2D eigenvalue weighted by atomic mass is 29.8. The Balaban J connectivity index is 0.000000325. The molecule has 6 heteroatoms. The predicted molar refractivity (Wildman–Crippen MR) is 175 cm³/mol. The maximum atomic E-state index is 5.51. The molecule has 0 spiro atoms. The standard InChI is InChI=1S/C30H18.H10OSi5/c1-3-7-21-13-27-17-29-23(15-25(27)11-19(21)5-1)9-10-24-16-26-12-20-6-2-4-8-22(20)14-28(26)18-30(24)29;1-2-4-6-5-3-1/h1-18H;2-6H2. The van der Waals surface area contributed by atoms with E-state index < -0.39 is 0 Å². The van der Waals surface area contributed by atoms with Crippen LogP contribution < -0.4 is 0 Å². The van der Waals surface area contributed by atoms with Gasteiger partial charge in [0.25, 0.3) is 0 Å². The first-order chi connectivity index (χ1) is 17.8. The second-order valence-electron chi connectivity index (χ2n) is 9.98. The number of fused-ring (bicyclic) bond motifs is 7. The molecule has 1 fully saturated rings. The summed E-state index contributed by atoms with van der Waals surface area (Å²) >= 11 is 0. The van der Waals surface area contributed by atoms with Crippen LogP contribution in [-0.4, -0.2) is 44.2 Å². The van der Waals surface area contributed by atoms with Crippen LogP contribution in [0.4, 0.5) is 0 Å². The zero-order chi connectivity index (χ0) is 23.9. The Labute approximate surface area is 221 Å². The zero-order valence-electron chi connectivity index (χ0n) is 20.3. The molecule has 0 aliphatic carbocycles. The maximum absolute atomic E-state index is 5.51. The van der Waals surface area contributed by atoms with Crippen LogP contribution in [0.3, 0.4) is 0 Å². The molecule has 0 aromatic heterocycles. The van der Waals surface area contributed by atoms with E-state index in [2.05, 4.69) is 109 Å². The van der Waals surface area contributed by atoms with Crippen molar-refractivity contribution >= 4 is 109 Å². The first-order valence-electron chi connectivity index (χ1n) is 13.0. The Morgan fingerprint density at radius 2 is 0.694 bits per heavy atom. The second kappa shape index (κ2) is 9.55. The van der Waals surface area contributed by atoms with Gasteiger partial charge in [-0.1, -0.05) is 60.7 Å². The van der Waals surface area contributed by atoms with E-state index in [9.17, 15) is 0 Å². The molecule has 1 heterocycles. The maximum Gasteiger partial charge on any atom is 0.123 e. The van der Waals surface area contributed by atoms with Gasteiger partial charge in [-0.3, -0.25) is 0 Å². The Morgan fingerprint density at radius 3 is 1.03 bits per heavy atom. The van der Waals surface area contributed by atoms with Crippen molar-refractivity contribution in [3.63, 3.8) is 0 Å². The van der Waals surface area contributed by atoms with Crippen LogP contribution in [0.2, 0.25) is 0 Å². The second-order valence-corrected chi connectivity index (χ2v) is 42.5. The van der Waals surface area contributed by atoms with Crippen molar-refractivity contribution in [2.24, 2.45) is 0 Å². The van der Waals surface area contributed by atoms with E-state index in [1.807, 2.05) is 0 Å². The Bertz CT molecular complexity index is 1770. The smallest absolute Gasteiger partial charge is 0.123 e. The van der Waals surface area contributed by atoms with Crippen molar-refractivity contribution in [2.45, 2.75) is 0 Å². The average Bonchev–Trinajstić information content (AvgIpc) is 2.94. The molecule has 1 aliphatic rings. The summed E-state index contributed by atoms with van der Waals surface area (Å²) < 4.78 is 5.51. The first kappa shape index (κ1) is 22.4. The monoisotopic (exact) mass is 544 g/mol. The highest BCUT2D eigenvalue weighted by molar-refractivity contribution is 7.55. The summed E-state index contributed by atoms with van der Waals surface area (Å²) in [7, 11) is 2.72. The summed E-state index contributed by atoms with van der Waals surface area (Å²) in [6.45, 7) is 0. The molecule has 0 bridgehead atoms. The van der Waals surface area contributed by atoms with Gasteiger partial charge < -0.3 is 4.12 Å². The lowest BCUT2D eigenvalue weighted by Crippen LogP contribution is -2.33. The summed E-state index contributed by atoms with van der Waals surface area (Å²) in [5.74, 6) is 0. The van der Waals surface area contributed by atoms with Crippen molar-refractivity contribution < 1.29 is 4.12 Å². The van der Waals surface area contributed by atoms with Gasteiger partial charge in [-0.25, -0.2) is 0 Å². The normalized spacial score (nSPS) is 17.3. The fourth-order valence-electron chi connectivity index (χ4n) is 5.63. The third-order valence-corrected chi connectivity index (χ3v) is 62.6. The minimum Gasteiger partial charge on any atom is -0.472 e. The summed E-state index contributed by atoms with van der Waals surface area (Å²) in [5, 5.41) is 15.6. The minimum atomic E-state index is 0.306. The molecule has 0 atom stereocenters. The first-order valence-corrected chi connectivity index (χ1v) is 30.2. The molecule has 174 valence electrons. The van der Waals surface area contributed by atoms with Crippen LogP contribution >= 0.6 is 0 Å². The van der Waals surface area contributed by atoms with Gasteiger partial charge in [-0.15, -0.1) is 0 Å². The Hall–Kier alpha value is -2.86. The lowest BCUT2D eigenvalue weighted by atomic mass is 9.94. The number of benzene rings is 7. The molecule has 0 unspecified atom stereocenters. The summed E-state index contributed by atoms with van der Waals surface area (Å²) in [6.07, 6.45) is 0. The topological polar surface area (TPSA) is 9.23 Å². The van der Waals surface area contributed by atoms with Gasteiger partial charge in [0.1, 0.15) is 18.6 Å². The summed E-state index contributed by atoms with van der Waals surface area (Å²) in [6, 6.07) is 40.4. The molecule has 0 N–H and O–H groups in total. The van der Waals surface area contributed by atoms with E-state index in [0.717, 1.165) is 8.55 Å². The average molecular weight is 545 g/mol. The Morgan fingerprint density at radius 1 is 0.333 bits per heavy atom. The minimum absolute atomic E-state index is 0.306. The molecule has 7 aromatic carbocycles. The van der Waals surface area contributed by atoms with E-state index >= 15 is 0 Å². The fourth-order valence-corrected chi connectivity index (χ4v) is 89.2.